The second-order valence-corrected chi connectivity index (χ2v) is 5.86. The van der Waals surface area contributed by atoms with Crippen molar-refractivity contribution < 1.29 is 9.90 Å². The molecule has 120 valence electrons. The van der Waals surface area contributed by atoms with Gasteiger partial charge in [-0.05, 0) is 24.0 Å². The fourth-order valence-corrected chi connectivity index (χ4v) is 2.54. The number of hydrogen-bond donors (Lipinski definition) is 4. The van der Waals surface area contributed by atoms with Crippen LogP contribution in [-0.4, -0.2) is 34.7 Å². The lowest BCUT2D eigenvalue weighted by molar-refractivity contribution is -0.124. The molecule has 0 radical (unpaired) electrons. The van der Waals surface area contributed by atoms with Gasteiger partial charge in [-0.2, -0.15) is 0 Å². The summed E-state index contributed by atoms with van der Waals surface area (Å²) < 4.78 is 0. The predicted molar refractivity (Wildman–Crippen MR) is 88.4 cm³/mol. The number of hydrogen-bond acceptors (Lipinski definition) is 3. The van der Waals surface area contributed by atoms with Gasteiger partial charge in [-0.3, -0.25) is 4.79 Å². The monoisotopic (exact) mass is 303 g/mol. The summed E-state index contributed by atoms with van der Waals surface area (Å²) in [4.78, 5) is 15.4. The highest BCUT2D eigenvalue weighted by atomic mass is 16.3. The largest absolute Gasteiger partial charge is 0.394 e. The molecule has 2 aromatic rings. The van der Waals surface area contributed by atoms with E-state index in [1.54, 1.807) is 0 Å². The second-order valence-electron chi connectivity index (χ2n) is 5.86. The first-order chi connectivity index (χ1) is 10.6. The first kappa shape index (κ1) is 16.5. The molecule has 22 heavy (non-hydrogen) atoms. The topological polar surface area (TPSA) is 91.1 Å². The Balaban J connectivity index is 2.05. The number of rotatable bonds is 7. The van der Waals surface area contributed by atoms with Crippen LogP contribution in [-0.2, 0) is 11.2 Å². The molecule has 1 aromatic carbocycles. The Morgan fingerprint density at radius 2 is 2.14 bits per heavy atom. The molecule has 0 unspecified atom stereocenters. The molecule has 5 N–H and O–H groups in total. The molecule has 0 bridgehead atoms. The molecule has 0 spiro atoms. The van der Waals surface area contributed by atoms with Crippen LogP contribution in [0.5, 0.6) is 0 Å². The van der Waals surface area contributed by atoms with Gasteiger partial charge in [0, 0.05) is 17.1 Å². The van der Waals surface area contributed by atoms with E-state index >= 15 is 0 Å². The molecule has 2 rings (SSSR count). The molecule has 3 atom stereocenters. The molecule has 0 saturated carbocycles. The molecule has 1 heterocycles. The van der Waals surface area contributed by atoms with Gasteiger partial charge in [-0.1, -0.05) is 38.5 Å². The van der Waals surface area contributed by atoms with E-state index in [-0.39, 0.29) is 24.5 Å². The van der Waals surface area contributed by atoms with Gasteiger partial charge < -0.3 is 21.1 Å². The zero-order valence-electron chi connectivity index (χ0n) is 13.2. The van der Waals surface area contributed by atoms with Gasteiger partial charge >= 0.3 is 0 Å². The minimum atomic E-state index is -0.540. The SMILES string of the molecule is CC[C@H](C)[C@H](N)C(=O)N[C@H](CO)Cc1c[nH]c2ccccc12. The number of amides is 1. The Morgan fingerprint density at radius 3 is 2.82 bits per heavy atom. The maximum atomic E-state index is 12.1. The highest BCUT2D eigenvalue weighted by Crippen LogP contribution is 2.19. The van der Waals surface area contributed by atoms with Gasteiger partial charge in [0.25, 0.3) is 0 Å². The van der Waals surface area contributed by atoms with Crippen LogP contribution in [0, 0.1) is 5.92 Å². The van der Waals surface area contributed by atoms with E-state index in [9.17, 15) is 9.90 Å². The van der Waals surface area contributed by atoms with Crippen LogP contribution in [0.25, 0.3) is 10.9 Å². The summed E-state index contributed by atoms with van der Waals surface area (Å²) in [6.07, 6.45) is 3.34. The number of benzene rings is 1. The van der Waals surface area contributed by atoms with Gasteiger partial charge in [0.2, 0.25) is 5.91 Å². The van der Waals surface area contributed by atoms with Crippen molar-refractivity contribution in [1.29, 1.82) is 0 Å². The van der Waals surface area contributed by atoms with Crippen molar-refractivity contribution in [3.8, 4) is 0 Å². The van der Waals surface area contributed by atoms with Crippen molar-refractivity contribution in [2.45, 2.75) is 38.8 Å². The normalized spacial score (nSPS) is 15.5. The van der Waals surface area contributed by atoms with Gasteiger partial charge in [-0.25, -0.2) is 0 Å². The number of nitrogens with two attached hydrogens (primary N) is 1. The highest BCUT2D eigenvalue weighted by molar-refractivity contribution is 5.84. The van der Waals surface area contributed by atoms with Crippen LogP contribution in [0.15, 0.2) is 30.5 Å². The van der Waals surface area contributed by atoms with E-state index in [1.807, 2.05) is 44.3 Å². The lowest BCUT2D eigenvalue weighted by atomic mass is 9.98. The van der Waals surface area contributed by atoms with Crippen molar-refractivity contribution in [2.75, 3.05) is 6.61 Å². The fourth-order valence-electron chi connectivity index (χ4n) is 2.54. The fraction of sp³-hybridized carbons (Fsp3) is 0.471. The Hall–Kier alpha value is -1.85. The van der Waals surface area contributed by atoms with E-state index in [2.05, 4.69) is 10.3 Å². The lowest BCUT2D eigenvalue weighted by Gasteiger charge is -2.22. The zero-order chi connectivity index (χ0) is 16.1. The third-order valence-electron chi connectivity index (χ3n) is 4.27. The molecule has 1 amide bonds. The summed E-state index contributed by atoms with van der Waals surface area (Å²) in [6, 6.07) is 7.11. The van der Waals surface area contributed by atoms with Gasteiger partial charge in [-0.15, -0.1) is 0 Å². The van der Waals surface area contributed by atoms with Crippen LogP contribution in [0.4, 0.5) is 0 Å². The number of H-pyrrole nitrogens is 1. The summed E-state index contributed by atoms with van der Waals surface area (Å²) in [5, 5.41) is 13.5. The number of fused-ring (bicyclic) bond motifs is 1. The molecule has 0 saturated heterocycles. The standard InChI is InChI=1S/C17H25N3O2/c1-3-11(2)16(18)17(22)20-13(10-21)8-12-9-19-15-7-5-4-6-14(12)15/h4-7,9,11,13,16,19,21H,3,8,10,18H2,1-2H3,(H,20,22)/t11-,13-,16-/m0/s1. The summed E-state index contributed by atoms with van der Waals surface area (Å²) in [5.41, 5.74) is 8.07. The minimum absolute atomic E-state index is 0.113. The molecule has 1 aromatic heterocycles. The summed E-state index contributed by atoms with van der Waals surface area (Å²) in [6.45, 7) is 3.85. The maximum absolute atomic E-state index is 12.1. The second kappa shape index (κ2) is 7.42. The third kappa shape index (κ3) is 3.67. The van der Waals surface area contributed by atoms with Crippen LogP contribution >= 0.6 is 0 Å². The maximum Gasteiger partial charge on any atom is 0.237 e. The highest BCUT2D eigenvalue weighted by Gasteiger charge is 2.22. The number of aliphatic hydroxyl groups excluding tert-OH is 1. The predicted octanol–water partition coefficient (Wildman–Crippen LogP) is 1.56. The van der Waals surface area contributed by atoms with E-state index in [1.165, 1.54) is 0 Å². The number of para-hydroxylation sites is 1. The number of aromatic amines is 1. The molecule has 0 aliphatic carbocycles. The van der Waals surface area contributed by atoms with Crippen LogP contribution in [0.2, 0.25) is 0 Å². The Kier molecular flexibility index (Phi) is 5.57. The number of aliphatic hydroxyl groups is 1. The number of nitrogens with one attached hydrogen (secondary N) is 2. The molecule has 5 nitrogen and oxygen atoms in total. The Morgan fingerprint density at radius 1 is 1.41 bits per heavy atom. The number of carbonyl (C=O) groups is 1. The van der Waals surface area contributed by atoms with E-state index in [0.717, 1.165) is 22.9 Å². The quantitative estimate of drug-likeness (QED) is 0.625. The van der Waals surface area contributed by atoms with Gasteiger partial charge in [0.1, 0.15) is 0 Å². The van der Waals surface area contributed by atoms with Crippen molar-refractivity contribution in [2.24, 2.45) is 11.7 Å². The van der Waals surface area contributed by atoms with E-state index in [0.29, 0.717) is 6.42 Å². The van der Waals surface area contributed by atoms with Crippen LogP contribution in [0.1, 0.15) is 25.8 Å². The lowest BCUT2D eigenvalue weighted by Crippen LogP contribution is -2.50. The van der Waals surface area contributed by atoms with Crippen LogP contribution < -0.4 is 11.1 Å². The van der Waals surface area contributed by atoms with Crippen molar-refractivity contribution in [3.63, 3.8) is 0 Å². The Labute approximate surface area is 130 Å². The summed E-state index contributed by atoms with van der Waals surface area (Å²) in [7, 11) is 0. The van der Waals surface area contributed by atoms with Crippen molar-refractivity contribution >= 4 is 16.8 Å². The first-order valence-corrected chi connectivity index (χ1v) is 7.78. The molecule has 0 aliphatic rings. The third-order valence-corrected chi connectivity index (χ3v) is 4.27. The molecule has 0 aliphatic heterocycles. The van der Waals surface area contributed by atoms with Gasteiger partial charge in [0.15, 0.2) is 0 Å². The van der Waals surface area contributed by atoms with Crippen molar-refractivity contribution in [3.05, 3.63) is 36.0 Å². The number of carbonyl (C=O) groups excluding carboxylic acids is 1. The molecular weight excluding hydrogens is 278 g/mol. The molecular formula is C17H25N3O2. The summed E-state index contributed by atoms with van der Waals surface area (Å²) in [5.74, 6) is -0.0827. The smallest absolute Gasteiger partial charge is 0.237 e. The first-order valence-electron chi connectivity index (χ1n) is 7.78. The zero-order valence-corrected chi connectivity index (χ0v) is 13.2. The van der Waals surface area contributed by atoms with Crippen LogP contribution in [0.3, 0.4) is 0 Å². The van der Waals surface area contributed by atoms with E-state index in [4.69, 9.17) is 5.73 Å². The minimum Gasteiger partial charge on any atom is -0.394 e. The Bertz CT molecular complexity index is 623. The molecule has 5 heteroatoms. The number of aromatic nitrogens is 1. The molecule has 0 fully saturated rings. The van der Waals surface area contributed by atoms with Crippen molar-refractivity contribution in [1.82, 2.24) is 10.3 Å². The average Bonchev–Trinajstić information content (AvgIpc) is 2.95. The van der Waals surface area contributed by atoms with E-state index < -0.39 is 6.04 Å². The summed E-state index contributed by atoms with van der Waals surface area (Å²) >= 11 is 0. The van der Waals surface area contributed by atoms with Gasteiger partial charge in [0.05, 0.1) is 18.7 Å². The average molecular weight is 303 g/mol.